The number of para-hydroxylation sites is 2. The molecule has 0 fully saturated rings. The number of carbonyl (C=O) groups excluding carboxylic acids is 2. The Morgan fingerprint density at radius 3 is 2.23 bits per heavy atom. The Morgan fingerprint density at radius 2 is 1.63 bits per heavy atom. The molecular formula is C22H27N3O5. The van der Waals surface area contributed by atoms with Gasteiger partial charge in [-0.3, -0.25) is 14.9 Å². The number of hydrogen-bond acceptors (Lipinski definition) is 4. The molecule has 3 aromatic rings. The third-order valence-electron chi connectivity index (χ3n) is 3.49. The highest BCUT2D eigenvalue weighted by Gasteiger charge is 2.16. The molecule has 0 saturated heterocycles. The van der Waals surface area contributed by atoms with Crippen molar-refractivity contribution >= 4 is 34.6 Å². The van der Waals surface area contributed by atoms with E-state index in [2.05, 4.69) is 33.8 Å². The van der Waals surface area contributed by atoms with Gasteiger partial charge in [-0.1, -0.05) is 36.4 Å². The predicted octanol–water partition coefficient (Wildman–Crippen LogP) is 4.02. The summed E-state index contributed by atoms with van der Waals surface area (Å²) in [5.74, 6) is -1.14. The SMILES string of the molecule is CC(=O)O.CCNC(=O)C(C)OC(=O)Nc1ccccc1.c1ccc2[nH]ccc2c1. The molecule has 4 N–H and O–H groups in total. The standard InChI is InChI=1S/C12H16N2O3.C8H7N.C2H4O2/c1-3-13-11(15)9(2)17-12(16)14-10-7-5-4-6-8-10;1-2-4-8-7(3-1)5-6-9-8;1-2(3)4/h4-9H,3H2,1-2H3,(H,13,15)(H,14,16);1-6,9H;1H3,(H,3,4). The highest BCUT2D eigenvalue weighted by atomic mass is 16.6. The molecular weight excluding hydrogens is 386 g/mol. The van der Waals surface area contributed by atoms with Crippen molar-refractivity contribution in [3.8, 4) is 0 Å². The smallest absolute Gasteiger partial charge is 0.412 e. The number of likely N-dealkylation sites (N-methyl/N-ethyl adjacent to an activating group) is 1. The van der Waals surface area contributed by atoms with Crippen LogP contribution in [-0.2, 0) is 14.3 Å². The van der Waals surface area contributed by atoms with Gasteiger partial charge in [-0.05, 0) is 43.5 Å². The number of hydrogen-bond donors (Lipinski definition) is 4. The van der Waals surface area contributed by atoms with Gasteiger partial charge in [0.15, 0.2) is 6.10 Å². The number of aromatic nitrogens is 1. The maximum Gasteiger partial charge on any atom is 0.412 e. The largest absolute Gasteiger partial charge is 0.481 e. The third-order valence-corrected chi connectivity index (χ3v) is 3.49. The van der Waals surface area contributed by atoms with E-state index in [1.807, 2.05) is 24.4 Å². The first kappa shape index (κ1) is 24.2. The van der Waals surface area contributed by atoms with Crippen molar-refractivity contribution in [3.05, 3.63) is 66.9 Å². The Hall–Kier alpha value is -3.81. The van der Waals surface area contributed by atoms with E-state index in [0.717, 1.165) is 6.92 Å². The van der Waals surface area contributed by atoms with Crippen LogP contribution in [0.1, 0.15) is 20.8 Å². The molecule has 0 radical (unpaired) electrons. The zero-order valence-electron chi connectivity index (χ0n) is 17.2. The lowest BCUT2D eigenvalue weighted by atomic mass is 10.3. The van der Waals surface area contributed by atoms with Gasteiger partial charge in [-0.25, -0.2) is 4.79 Å². The minimum absolute atomic E-state index is 0.310. The summed E-state index contributed by atoms with van der Waals surface area (Å²) in [6.45, 7) is 4.91. The monoisotopic (exact) mass is 413 g/mol. The number of ether oxygens (including phenoxy) is 1. The molecule has 0 spiro atoms. The van der Waals surface area contributed by atoms with Crippen LogP contribution in [0, 0.1) is 0 Å². The summed E-state index contributed by atoms with van der Waals surface area (Å²) in [5, 5.41) is 13.8. The molecule has 2 amide bonds. The minimum Gasteiger partial charge on any atom is -0.481 e. The molecule has 2 aromatic carbocycles. The molecule has 0 bridgehead atoms. The average Bonchev–Trinajstić information content (AvgIpc) is 3.18. The van der Waals surface area contributed by atoms with Gasteiger partial charge in [0.2, 0.25) is 0 Å². The number of carboxylic acid groups (broad SMARTS) is 1. The number of nitrogens with one attached hydrogen (secondary N) is 3. The van der Waals surface area contributed by atoms with Crippen LogP contribution >= 0.6 is 0 Å². The number of fused-ring (bicyclic) bond motifs is 1. The molecule has 0 saturated carbocycles. The number of rotatable bonds is 4. The molecule has 1 aromatic heterocycles. The maximum absolute atomic E-state index is 11.4. The van der Waals surface area contributed by atoms with Gasteiger partial charge in [0.1, 0.15) is 0 Å². The van der Waals surface area contributed by atoms with Gasteiger partial charge < -0.3 is 20.1 Å². The molecule has 3 rings (SSSR count). The first-order chi connectivity index (χ1) is 14.3. The molecule has 0 aliphatic heterocycles. The van der Waals surface area contributed by atoms with E-state index >= 15 is 0 Å². The van der Waals surface area contributed by atoms with Crippen LogP contribution in [0.15, 0.2) is 66.9 Å². The summed E-state index contributed by atoms with van der Waals surface area (Å²) in [5.41, 5.74) is 1.83. The minimum atomic E-state index is -0.833. The normalized spacial score (nSPS) is 10.4. The van der Waals surface area contributed by atoms with Crippen molar-refractivity contribution in [1.29, 1.82) is 0 Å². The fourth-order valence-corrected chi connectivity index (χ4v) is 2.20. The van der Waals surface area contributed by atoms with Gasteiger partial charge in [0, 0.05) is 30.9 Å². The molecule has 0 aliphatic carbocycles. The zero-order valence-corrected chi connectivity index (χ0v) is 17.2. The van der Waals surface area contributed by atoms with Crippen molar-refractivity contribution in [3.63, 3.8) is 0 Å². The average molecular weight is 413 g/mol. The van der Waals surface area contributed by atoms with Crippen molar-refractivity contribution in [1.82, 2.24) is 10.3 Å². The molecule has 160 valence electrons. The number of aromatic amines is 1. The van der Waals surface area contributed by atoms with Gasteiger partial charge in [0.05, 0.1) is 0 Å². The summed E-state index contributed by atoms with van der Waals surface area (Å²) < 4.78 is 4.91. The van der Waals surface area contributed by atoms with Crippen LogP contribution in [-0.4, -0.2) is 40.7 Å². The van der Waals surface area contributed by atoms with E-state index < -0.39 is 18.2 Å². The molecule has 8 nitrogen and oxygen atoms in total. The molecule has 8 heteroatoms. The Kier molecular flexibility index (Phi) is 10.8. The number of aliphatic carboxylic acids is 1. The van der Waals surface area contributed by atoms with E-state index in [1.165, 1.54) is 17.8 Å². The summed E-state index contributed by atoms with van der Waals surface area (Å²) in [7, 11) is 0. The first-order valence-electron chi connectivity index (χ1n) is 9.35. The van der Waals surface area contributed by atoms with Gasteiger partial charge in [-0.15, -0.1) is 0 Å². The van der Waals surface area contributed by atoms with E-state index in [9.17, 15) is 9.59 Å². The second kappa shape index (κ2) is 13.4. The van der Waals surface area contributed by atoms with Crippen LogP contribution in [0.5, 0.6) is 0 Å². The lowest BCUT2D eigenvalue weighted by molar-refractivity contribution is -0.134. The summed E-state index contributed by atoms with van der Waals surface area (Å²) >= 11 is 0. The van der Waals surface area contributed by atoms with Gasteiger partial charge >= 0.3 is 6.09 Å². The number of anilines is 1. The highest BCUT2D eigenvalue weighted by molar-refractivity contribution is 5.88. The van der Waals surface area contributed by atoms with Gasteiger partial charge in [-0.2, -0.15) is 0 Å². The third kappa shape index (κ3) is 9.93. The van der Waals surface area contributed by atoms with Crippen molar-refractivity contribution in [2.24, 2.45) is 0 Å². The Morgan fingerprint density at radius 1 is 1.03 bits per heavy atom. The molecule has 0 aliphatic rings. The second-order valence-corrected chi connectivity index (χ2v) is 6.02. The fourth-order valence-electron chi connectivity index (χ4n) is 2.20. The Bertz CT molecular complexity index is 890. The van der Waals surface area contributed by atoms with Crippen LogP contribution in [0.25, 0.3) is 10.9 Å². The highest BCUT2D eigenvalue weighted by Crippen LogP contribution is 2.09. The Balaban J connectivity index is 0.000000285. The summed E-state index contributed by atoms with van der Waals surface area (Å²) in [6, 6.07) is 19.2. The number of benzene rings is 2. The second-order valence-electron chi connectivity index (χ2n) is 6.02. The number of carboxylic acids is 1. The topological polar surface area (TPSA) is 121 Å². The molecule has 1 heterocycles. The van der Waals surface area contributed by atoms with Crippen LogP contribution in [0.3, 0.4) is 0 Å². The van der Waals surface area contributed by atoms with Crippen molar-refractivity contribution in [2.45, 2.75) is 26.9 Å². The summed E-state index contributed by atoms with van der Waals surface area (Å²) in [6.07, 6.45) is 0.499. The van der Waals surface area contributed by atoms with Crippen LogP contribution in [0.4, 0.5) is 10.5 Å². The van der Waals surface area contributed by atoms with Crippen LogP contribution < -0.4 is 10.6 Å². The van der Waals surface area contributed by atoms with E-state index in [1.54, 1.807) is 31.2 Å². The van der Waals surface area contributed by atoms with Gasteiger partial charge in [0.25, 0.3) is 11.9 Å². The van der Waals surface area contributed by atoms with Crippen LogP contribution in [0.2, 0.25) is 0 Å². The first-order valence-corrected chi connectivity index (χ1v) is 9.35. The van der Waals surface area contributed by atoms with Crippen molar-refractivity contribution in [2.75, 3.05) is 11.9 Å². The maximum atomic E-state index is 11.4. The molecule has 1 unspecified atom stereocenters. The van der Waals surface area contributed by atoms with Crippen molar-refractivity contribution < 1.29 is 24.2 Å². The van der Waals surface area contributed by atoms with E-state index in [4.69, 9.17) is 14.6 Å². The fraction of sp³-hybridized carbons (Fsp3) is 0.227. The quantitative estimate of drug-likeness (QED) is 0.515. The van der Waals surface area contributed by atoms with E-state index in [0.29, 0.717) is 12.2 Å². The number of carbonyl (C=O) groups is 3. The lowest BCUT2D eigenvalue weighted by Gasteiger charge is -2.13. The molecule has 1 atom stereocenters. The predicted molar refractivity (Wildman–Crippen MR) is 116 cm³/mol. The summed E-state index contributed by atoms with van der Waals surface area (Å²) in [4.78, 5) is 34.9. The number of amides is 2. The molecule has 30 heavy (non-hydrogen) atoms. The van der Waals surface area contributed by atoms with E-state index in [-0.39, 0.29) is 5.91 Å². The zero-order chi connectivity index (χ0) is 22.4. The lowest BCUT2D eigenvalue weighted by Crippen LogP contribution is -2.36. The Labute approximate surface area is 175 Å². The number of H-pyrrole nitrogens is 1.